The van der Waals surface area contributed by atoms with Crippen LogP contribution in [0, 0.1) is 11.3 Å². The van der Waals surface area contributed by atoms with E-state index in [1.54, 1.807) is 13.8 Å². The number of carbonyl (C=O) groups excluding carboxylic acids is 14. The lowest BCUT2D eigenvalue weighted by Crippen LogP contribution is -2.61. The van der Waals surface area contributed by atoms with Crippen molar-refractivity contribution >= 4 is 112 Å². The first kappa shape index (κ1) is 103. The number of alkyl carbamates (subject to hydrolysis) is 1. The Kier molecular flexibility index (Phi) is 36.7. The van der Waals surface area contributed by atoms with Gasteiger partial charge in [-0.3, -0.25) is 77.4 Å². The second-order valence-corrected chi connectivity index (χ2v) is 33.8. The molecule has 132 heavy (non-hydrogen) atoms. The van der Waals surface area contributed by atoms with E-state index in [0.29, 0.717) is 17.5 Å². The van der Waals surface area contributed by atoms with Gasteiger partial charge in [0.1, 0.15) is 102 Å². The number of ether oxygens (including phenoxy) is 4. The molecule has 0 radical (unpaired) electrons. The number of rotatable bonds is 46. The number of fused-ring (bicyclic) bond motifs is 3. The van der Waals surface area contributed by atoms with E-state index in [1.165, 1.54) is 105 Å². The highest BCUT2D eigenvalue weighted by Gasteiger charge is 2.51. The summed E-state index contributed by atoms with van der Waals surface area (Å²) in [7, 11) is 1.26. The molecule has 0 aromatic heterocycles. The summed E-state index contributed by atoms with van der Waals surface area (Å²) in [5.41, 5.74) is 7.35. The van der Waals surface area contributed by atoms with Crippen molar-refractivity contribution in [2.75, 3.05) is 57.7 Å². The van der Waals surface area contributed by atoms with Gasteiger partial charge in [0.05, 0.1) is 67.1 Å². The first-order chi connectivity index (χ1) is 62.7. The summed E-state index contributed by atoms with van der Waals surface area (Å²) in [5, 5.41) is 150. The number of hydrogen-bond donors (Lipinski definition) is 24. The van der Waals surface area contributed by atoms with E-state index in [0.717, 1.165) is 16.7 Å². The number of ketones is 3. The number of likely N-dealkylation sites (tertiary alicyclic amines) is 1. The summed E-state index contributed by atoms with van der Waals surface area (Å²) >= 11 is 0.964. The number of aliphatic carboxylic acids is 1. The number of nitrogens with two attached hydrogens (primary N) is 2. The molecular formula is C87H110N14O30S. The van der Waals surface area contributed by atoms with Crippen LogP contribution in [0.1, 0.15) is 151 Å². The van der Waals surface area contributed by atoms with Gasteiger partial charge in [0.25, 0.3) is 0 Å². The lowest BCUT2D eigenvalue weighted by Gasteiger charge is -2.42. The highest BCUT2D eigenvalue weighted by Crippen LogP contribution is 2.53. The highest BCUT2D eigenvalue weighted by molar-refractivity contribution is 8.00. The van der Waals surface area contributed by atoms with E-state index in [4.69, 9.17) is 40.9 Å². The van der Waals surface area contributed by atoms with Crippen molar-refractivity contribution in [1.82, 2.24) is 52.8 Å². The van der Waals surface area contributed by atoms with Gasteiger partial charge < -0.3 is 140 Å². The molecule has 4 aliphatic rings. The zero-order valence-corrected chi connectivity index (χ0v) is 73.2. The molecule has 2 fully saturated rings. The smallest absolute Gasteiger partial charge is 0.407 e. The van der Waals surface area contributed by atoms with E-state index in [9.17, 15) is 123 Å². The van der Waals surface area contributed by atoms with Crippen LogP contribution in [-0.2, 0) is 97.6 Å². The van der Waals surface area contributed by atoms with Gasteiger partial charge in [0.2, 0.25) is 64.9 Å². The molecular weight excluding hydrogens is 1750 g/mol. The van der Waals surface area contributed by atoms with Crippen LogP contribution in [0.25, 0.3) is 0 Å². The number of aliphatic hydroxyl groups is 6. The number of carboxylic acid groups (broad SMARTS) is 1. The fourth-order valence-corrected chi connectivity index (χ4v) is 16.4. The van der Waals surface area contributed by atoms with Crippen molar-refractivity contribution in [3.05, 3.63) is 141 Å². The van der Waals surface area contributed by atoms with Gasteiger partial charge >= 0.3 is 12.1 Å². The number of carboxylic acids is 1. The number of aromatic hydroxyl groups is 4. The Morgan fingerprint density at radius 2 is 1.19 bits per heavy atom. The molecule has 44 nitrogen and oxygen atoms in total. The third-order valence-electron chi connectivity index (χ3n) is 22.4. The number of amides is 11. The van der Waals surface area contributed by atoms with Crippen LogP contribution in [0.2, 0.25) is 0 Å². The Balaban J connectivity index is 0.803. The van der Waals surface area contributed by atoms with Crippen molar-refractivity contribution in [2.45, 2.75) is 201 Å². The Labute approximate surface area is 759 Å². The second-order valence-electron chi connectivity index (χ2n) is 32.6. The van der Waals surface area contributed by atoms with Crippen LogP contribution in [0.15, 0.2) is 91.0 Å². The average Bonchev–Trinajstić information content (AvgIpc) is 0.823. The van der Waals surface area contributed by atoms with Crippen molar-refractivity contribution in [3.63, 3.8) is 0 Å². The quantitative estimate of drug-likeness (QED) is 0.00609. The molecule has 3 unspecified atom stereocenters. The summed E-state index contributed by atoms with van der Waals surface area (Å²) in [5.74, 6) is -16.2. The van der Waals surface area contributed by atoms with Crippen molar-refractivity contribution < 1.29 is 147 Å². The molecule has 2 aliphatic heterocycles. The minimum Gasteiger partial charge on any atom is -0.508 e. The van der Waals surface area contributed by atoms with E-state index in [2.05, 4.69) is 53.2 Å². The summed E-state index contributed by atoms with van der Waals surface area (Å²) in [4.78, 5) is 206. The topological polar surface area (TPSA) is 715 Å². The normalized spacial score (nSPS) is 19.7. The van der Waals surface area contributed by atoms with Crippen LogP contribution >= 0.6 is 11.8 Å². The number of Topliss-reactive ketones (excluding diaryl/α,β-unsaturated/α-hetero) is 1. The number of carbonyl (C=O) groups is 15. The van der Waals surface area contributed by atoms with Crippen molar-refractivity contribution in [2.24, 2.45) is 17.4 Å². The molecule has 5 aromatic carbocycles. The number of guanidine groups is 1. The van der Waals surface area contributed by atoms with Gasteiger partial charge in [-0.25, -0.2) is 4.79 Å². The SMILES string of the molecule is COc1cccc2c1C(=O)c1c(O)c3c(c(O)c1C2=O)C[C@@](O)(C(=O)CO)C[C@@H]3O[C@H]1C[C@@H](NC(=O)OCc2ccc(NC(=O)[C@H](CC(C)C)NC(=O)[C@H](CO)NC(=O)[C@H](Cc3ccc(O)cc3)NC(=O)[C@H](Cc3ccc(O)cc3)NC(=O)[C@H](CO)NC(=O)[C@H](CO)NC(=O)[C@H](CCCNC(=N)N)NC(=O)CCCCCN3C(=O)CC(SCC(N)C(=O)O)C3=O)cc2)C(O)[C@H](C)O1. The van der Waals surface area contributed by atoms with Gasteiger partial charge in [-0.2, -0.15) is 0 Å². The Morgan fingerprint density at radius 1 is 0.652 bits per heavy atom. The summed E-state index contributed by atoms with van der Waals surface area (Å²) in [6.45, 7) is 0.00643. The number of anilines is 1. The number of thioether (sulfide) groups is 1. The minimum atomic E-state index is -2.48. The number of imide groups is 1. The predicted molar refractivity (Wildman–Crippen MR) is 465 cm³/mol. The summed E-state index contributed by atoms with van der Waals surface area (Å²) in [6, 6.07) is 6.27. The van der Waals surface area contributed by atoms with Crippen LogP contribution in [0.3, 0.4) is 0 Å². The molecule has 26 N–H and O–H groups in total. The molecule has 2 heterocycles. The van der Waals surface area contributed by atoms with Crippen molar-refractivity contribution in [1.29, 1.82) is 5.41 Å². The number of hydrogen-bond acceptors (Lipinski definition) is 32. The number of unbranched alkanes of at least 4 members (excludes halogenated alkanes) is 2. The third kappa shape index (κ3) is 26.9. The van der Waals surface area contributed by atoms with E-state index in [1.807, 2.05) is 0 Å². The minimum absolute atomic E-state index is 0.0153. The Hall–Kier alpha value is -13.0. The molecule has 15 atom stereocenters. The lowest BCUT2D eigenvalue weighted by molar-refractivity contribution is -0.249. The van der Waals surface area contributed by atoms with Crippen LogP contribution in [0.4, 0.5) is 10.5 Å². The molecule has 714 valence electrons. The molecule has 45 heteroatoms. The first-order valence-corrected chi connectivity index (χ1v) is 43.3. The molecule has 2 saturated heterocycles. The zero-order chi connectivity index (χ0) is 96.7. The van der Waals surface area contributed by atoms with E-state index in [-0.39, 0.29) is 127 Å². The summed E-state index contributed by atoms with van der Waals surface area (Å²) < 4.78 is 23.1. The largest absolute Gasteiger partial charge is 0.508 e. The number of aliphatic hydroxyl groups excluding tert-OH is 5. The van der Waals surface area contributed by atoms with Crippen LogP contribution < -0.4 is 69.4 Å². The maximum atomic E-state index is 14.8. The molecule has 0 bridgehead atoms. The fourth-order valence-electron chi connectivity index (χ4n) is 15.3. The molecule has 0 spiro atoms. The van der Waals surface area contributed by atoms with Gasteiger partial charge in [-0.1, -0.05) is 68.8 Å². The third-order valence-corrected chi connectivity index (χ3v) is 23.7. The number of nitrogens with one attached hydrogen (secondary N) is 11. The number of phenolic OH excluding ortho intramolecular Hbond substituents is 4. The first-order valence-electron chi connectivity index (χ1n) is 42.3. The van der Waals surface area contributed by atoms with Gasteiger partial charge in [-0.05, 0) is 104 Å². The maximum absolute atomic E-state index is 14.8. The zero-order valence-electron chi connectivity index (χ0n) is 72.4. The average molecular weight is 1860 g/mol. The Bertz CT molecular complexity index is 5090. The standard InChI is InChI=1S/C87H110N14O30S/c1-41(2)28-54(77(117)92-46-20-14-45(15-21-46)39-129-86(126)100-53-31-66(130-42(3)71(53)111)131-61-34-87(127,63(108)38-105)33-50-68(61)75(115)70-69(73(50)113)72(112)49-10-8-12-60(128-4)67(49)74(70)114)94-80(120)57(35-102)98-79(119)56(30-44-18-24-48(107)25-19-44)95-78(118)55(29-43-16-22-47(106)23-17-43)96-81(121)58(36-103)99-82(122)59(37-104)97-76(116)52(11-9-26-91-85(89)90)93-64(109)13-6-5-7-27-101-65(110)32-62(83(101)123)132-40-51(88)84(124)125/h8,10,12,14-25,41-42,51-59,61-62,66,71,102-107,111,113,115,127H,5-7,9,11,13,26-40,88H2,1-4H3,(H,92,117)(H,93,109)(H,94,120)(H,95,118)(H,96,121)(H,97,116)(H,98,119)(H,99,122)(H,100,126)(H,124,125)(H4,89,90,91)/t42-,51?,52-,53+,54-,55-,56-,57-,58-,59-,61-,62?,66-,71?,87-/m0/s1. The van der Waals surface area contributed by atoms with E-state index >= 15 is 0 Å². The molecule has 9 rings (SSSR count). The molecule has 0 saturated carbocycles. The van der Waals surface area contributed by atoms with Crippen LogP contribution in [-0.4, -0.2) is 292 Å². The number of benzene rings is 5. The number of nitrogens with zero attached hydrogens (tertiary/aromatic N) is 1. The number of methoxy groups -OCH3 is 1. The van der Waals surface area contributed by atoms with Gasteiger partial charge in [0, 0.05) is 86.2 Å². The fraction of sp³-hybridized carbons (Fsp3) is 0.471. The van der Waals surface area contributed by atoms with Gasteiger partial charge in [-0.15, -0.1) is 11.8 Å². The summed E-state index contributed by atoms with van der Waals surface area (Å²) in [6.07, 6.45) is -8.77. The molecule has 2 aliphatic carbocycles. The lowest BCUT2D eigenvalue weighted by atomic mass is 9.72. The highest BCUT2D eigenvalue weighted by atomic mass is 32.2. The monoisotopic (exact) mass is 1860 g/mol. The maximum Gasteiger partial charge on any atom is 0.407 e. The van der Waals surface area contributed by atoms with Crippen LogP contribution in [0.5, 0.6) is 28.7 Å². The van der Waals surface area contributed by atoms with Gasteiger partial charge in [0.15, 0.2) is 23.8 Å². The molecule has 11 amide bonds. The predicted octanol–water partition coefficient (Wildman–Crippen LogP) is -2.68. The molecule has 5 aromatic rings. The second kappa shape index (κ2) is 47.2. The van der Waals surface area contributed by atoms with Crippen molar-refractivity contribution in [3.8, 4) is 28.7 Å². The number of phenols is 4. The Morgan fingerprint density at radius 3 is 1.73 bits per heavy atom. The van der Waals surface area contributed by atoms with E-state index < -0.39 is 266 Å².